The highest BCUT2D eigenvalue weighted by Crippen LogP contribution is 2.51. The van der Waals surface area contributed by atoms with Crippen molar-refractivity contribution in [1.29, 1.82) is 5.26 Å². The van der Waals surface area contributed by atoms with Crippen LogP contribution < -0.4 is 10.3 Å². The fourth-order valence-electron chi connectivity index (χ4n) is 4.81. The van der Waals surface area contributed by atoms with Crippen molar-refractivity contribution in [2.45, 2.75) is 24.6 Å². The van der Waals surface area contributed by atoms with Gasteiger partial charge in [0.2, 0.25) is 5.43 Å². The molecule has 5 nitrogen and oxygen atoms in total. The van der Waals surface area contributed by atoms with E-state index in [1.165, 1.54) is 24.4 Å². The summed E-state index contributed by atoms with van der Waals surface area (Å²) in [7, 11) is 2.00. The van der Waals surface area contributed by atoms with E-state index in [0.717, 1.165) is 25.2 Å². The van der Waals surface area contributed by atoms with Crippen molar-refractivity contribution in [2.24, 2.45) is 0 Å². The predicted molar refractivity (Wildman–Crippen MR) is 120 cm³/mol. The molecule has 0 amide bonds. The highest BCUT2D eigenvalue weighted by Gasteiger charge is 2.47. The van der Waals surface area contributed by atoms with Gasteiger partial charge in [0.1, 0.15) is 17.4 Å². The van der Waals surface area contributed by atoms with E-state index < -0.39 is 28.5 Å². The molecular weight excluding hydrogens is 448 g/mol. The van der Waals surface area contributed by atoms with E-state index in [1.807, 2.05) is 18.0 Å². The summed E-state index contributed by atoms with van der Waals surface area (Å²) in [6.07, 6.45) is -1.73. The molecule has 1 saturated carbocycles. The molecule has 2 fully saturated rings. The van der Waals surface area contributed by atoms with E-state index in [-0.39, 0.29) is 10.9 Å². The number of nitrogens with zero attached hydrogens (tertiary/aromatic N) is 4. The van der Waals surface area contributed by atoms with Crippen LogP contribution in [0.25, 0.3) is 10.9 Å². The lowest BCUT2D eigenvalue weighted by Crippen LogP contribution is -2.44. The first-order valence-corrected chi connectivity index (χ1v) is 11.0. The average molecular weight is 470 g/mol. The van der Waals surface area contributed by atoms with E-state index in [4.69, 9.17) is 0 Å². The Balaban J connectivity index is 1.68. The SMILES string of the molecule is CN1CCN(c2cc3c(cc2F)c(=O)c(C#N)cn3C2(c3ccc(C(F)(F)F)cc3)CC2)CC1. The molecule has 3 aromatic rings. The highest BCUT2D eigenvalue weighted by atomic mass is 19.4. The molecule has 34 heavy (non-hydrogen) atoms. The summed E-state index contributed by atoms with van der Waals surface area (Å²) in [5.74, 6) is -0.532. The van der Waals surface area contributed by atoms with Crippen molar-refractivity contribution in [2.75, 3.05) is 38.1 Å². The number of rotatable bonds is 3. The molecule has 1 aromatic heterocycles. The molecular formula is C25H22F4N4O. The molecule has 0 bridgehead atoms. The second kappa shape index (κ2) is 7.84. The molecule has 1 saturated heterocycles. The Labute approximate surface area is 193 Å². The van der Waals surface area contributed by atoms with Gasteiger partial charge in [-0.15, -0.1) is 0 Å². The number of aromatic nitrogens is 1. The number of pyridine rings is 1. The number of piperazine rings is 1. The van der Waals surface area contributed by atoms with Crippen LogP contribution >= 0.6 is 0 Å². The third kappa shape index (κ3) is 3.62. The molecule has 0 unspecified atom stereocenters. The Morgan fingerprint density at radius 3 is 2.24 bits per heavy atom. The molecule has 2 aliphatic rings. The number of anilines is 1. The largest absolute Gasteiger partial charge is 0.416 e. The van der Waals surface area contributed by atoms with Gasteiger partial charge in [-0.1, -0.05) is 12.1 Å². The van der Waals surface area contributed by atoms with Crippen molar-refractivity contribution in [3.05, 3.63) is 75.3 Å². The van der Waals surface area contributed by atoms with Gasteiger partial charge in [-0.3, -0.25) is 4.79 Å². The zero-order valence-corrected chi connectivity index (χ0v) is 18.5. The lowest BCUT2D eigenvalue weighted by Gasteiger charge is -2.34. The van der Waals surface area contributed by atoms with Gasteiger partial charge >= 0.3 is 6.18 Å². The molecule has 0 spiro atoms. The van der Waals surface area contributed by atoms with Gasteiger partial charge in [0.15, 0.2) is 0 Å². The summed E-state index contributed by atoms with van der Waals surface area (Å²) in [5.41, 5.74) is -0.621. The molecule has 0 radical (unpaired) electrons. The molecule has 5 rings (SSSR count). The summed E-state index contributed by atoms with van der Waals surface area (Å²) >= 11 is 0. The quantitative estimate of drug-likeness (QED) is 0.535. The first-order chi connectivity index (χ1) is 16.1. The Hall–Kier alpha value is -3.38. The molecule has 2 heterocycles. The van der Waals surface area contributed by atoms with Gasteiger partial charge in [-0.25, -0.2) is 4.39 Å². The van der Waals surface area contributed by atoms with Gasteiger partial charge in [0, 0.05) is 32.4 Å². The molecule has 1 aliphatic heterocycles. The minimum absolute atomic E-state index is 0.0904. The lowest BCUT2D eigenvalue weighted by molar-refractivity contribution is -0.137. The summed E-state index contributed by atoms with van der Waals surface area (Å²) in [5, 5.41) is 9.63. The smallest absolute Gasteiger partial charge is 0.367 e. The van der Waals surface area contributed by atoms with E-state index >= 15 is 4.39 Å². The van der Waals surface area contributed by atoms with Crippen molar-refractivity contribution in [3.8, 4) is 6.07 Å². The van der Waals surface area contributed by atoms with E-state index in [0.29, 0.717) is 42.7 Å². The first kappa shape index (κ1) is 22.4. The van der Waals surface area contributed by atoms with Crippen LogP contribution in [0.3, 0.4) is 0 Å². The zero-order valence-electron chi connectivity index (χ0n) is 18.5. The van der Waals surface area contributed by atoms with Gasteiger partial charge in [0.05, 0.1) is 27.7 Å². The lowest BCUT2D eigenvalue weighted by atomic mass is 10.00. The normalized spacial score (nSPS) is 18.2. The van der Waals surface area contributed by atoms with Crippen LogP contribution in [0.15, 0.2) is 47.4 Å². The number of fused-ring (bicyclic) bond motifs is 1. The number of hydrogen-bond acceptors (Lipinski definition) is 4. The number of halogens is 4. The van der Waals surface area contributed by atoms with E-state index in [1.54, 1.807) is 10.6 Å². The fourth-order valence-corrected chi connectivity index (χ4v) is 4.81. The van der Waals surface area contributed by atoms with E-state index in [2.05, 4.69) is 4.90 Å². The van der Waals surface area contributed by atoms with Crippen LogP contribution in [0.4, 0.5) is 23.2 Å². The molecule has 2 aromatic carbocycles. The minimum atomic E-state index is -4.44. The fraction of sp³-hybridized carbons (Fsp3) is 0.360. The van der Waals surface area contributed by atoms with Gasteiger partial charge < -0.3 is 14.4 Å². The number of alkyl halides is 3. The molecule has 0 atom stereocenters. The molecule has 1 aliphatic carbocycles. The maximum absolute atomic E-state index is 15.1. The monoisotopic (exact) mass is 470 g/mol. The van der Waals surface area contributed by atoms with Crippen molar-refractivity contribution >= 4 is 16.6 Å². The number of hydrogen-bond donors (Lipinski definition) is 0. The topological polar surface area (TPSA) is 52.3 Å². The van der Waals surface area contributed by atoms with Crippen LogP contribution in [0.2, 0.25) is 0 Å². The van der Waals surface area contributed by atoms with Gasteiger partial charge in [-0.05, 0) is 49.7 Å². The Bertz CT molecular complexity index is 1360. The van der Waals surface area contributed by atoms with Gasteiger partial charge in [-0.2, -0.15) is 18.4 Å². The average Bonchev–Trinajstić information content (AvgIpc) is 3.61. The van der Waals surface area contributed by atoms with Crippen molar-refractivity contribution in [3.63, 3.8) is 0 Å². The third-order valence-corrected chi connectivity index (χ3v) is 6.97. The van der Waals surface area contributed by atoms with Crippen LogP contribution in [-0.4, -0.2) is 42.7 Å². The van der Waals surface area contributed by atoms with Crippen molar-refractivity contribution in [1.82, 2.24) is 9.47 Å². The number of benzene rings is 2. The second-order valence-corrected chi connectivity index (χ2v) is 9.07. The molecule has 176 valence electrons. The van der Waals surface area contributed by atoms with Crippen LogP contribution in [-0.2, 0) is 11.7 Å². The Morgan fingerprint density at radius 2 is 1.68 bits per heavy atom. The van der Waals surface area contributed by atoms with Gasteiger partial charge in [0.25, 0.3) is 0 Å². The standard InChI is InChI=1S/C25H22F4N4O/c1-31-8-10-32(11-9-31)22-13-21-19(12-20(22)26)23(34)16(14-30)15-33(21)24(6-7-24)17-2-4-18(5-3-17)25(27,28)29/h2-5,12-13,15H,6-11H2,1H3. The number of likely N-dealkylation sites (N-methyl/N-ethyl adjacent to an activating group) is 1. The van der Waals surface area contributed by atoms with Crippen LogP contribution in [0.1, 0.15) is 29.5 Å². The minimum Gasteiger partial charge on any atom is -0.367 e. The van der Waals surface area contributed by atoms with Crippen LogP contribution in [0, 0.1) is 17.1 Å². The van der Waals surface area contributed by atoms with Crippen molar-refractivity contribution < 1.29 is 17.6 Å². The number of nitriles is 1. The summed E-state index contributed by atoms with van der Waals surface area (Å²) in [4.78, 5) is 17.0. The highest BCUT2D eigenvalue weighted by molar-refractivity contribution is 5.85. The Morgan fingerprint density at radius 1 is 1.03 bits per heavy atom. The first-order valence-electron chi connectivity index (χ1n) is 11.0. The summed E-state index contributed by atoms with van der Waals surface area (Å²) < 4.78 is 56.1. The zero-order chi connectivity index (χ0) is 24.3. The molecule has 0 N–H and O–H groups in total. The molecule has 9 heteroatoms. The maximum Gasteiger partial charge on any atom is 0.416 e. The Kier molecular flexibility index (Phi) is 5.17. The van der Waals surface area contributed by atoms with Crippen LogP contribution in [0.5, 0.6) is 0 Å². The summed E-state index contributed by atoms with van der Waals surface area (Å²) in [6, 6.07) is 9.68. The van der Waals surface area contributed by atoms with E-state index in [9.17, 15) is 23.2 Å². The third-order valence-electron chi connectivity index (χ3n) is 6.97. The maximum atomic E-state index is 15.1. The second-order valence-electron chi connectivity index (χ2n) is 9.07. The predicted octanol–water partition coefficient (Wildman–Crippen LogP) is 4.32. The summed E-state index contributed by atoms with van der Waals surface area (Å²) in [6.45, 7) is 2.80.